The Bertz CT molecular complexity index is 438. The fourth-order valence-corrected chi connectivity index (χ4v) is 3.49. The van der Waals surface area contributed by atoms with Gasteiger partial charge in [-0.2, -0.15) is 0 Å². The van der Waals surface area contributed by atoms with E-state index >= 15 is 0 Å². The quantitative estimate of drug-likeness (QED) is 0.877. The molecule has 0 saturated carbocycles. The summed E-state index contributed by atoms with van der Waals surface area (Å²) in [5, 5.41) is 7.04. The molecule has 1 aromatic heterocycles. The number of hydrogen-bond donors (Lipinski definition) is 2. The molecule has 1 fully saturated rings. The summed E-state index contributed by atoms with van der Waals surface area (Å²) < 4.78 is 0. The van der Waals surface area contributed by atoms with E-state index in [2.05, 4.69) is 36.4 Å². The molecule has 0 bridgehead atoms. The van der Waals surface area contributed by atoms with Crippen molar-refractivity contribution in [1.82, 2.24) is 10.3 Å². The Morgan fingerprint density at radius 1 is 1.45 bits per heavy atom. The van der Waals surface area contributed by atoms with E-state index in [1.807, 2.05) is 6.20 Å². The molecule has 1 atom stereocenters. The molecule has 2 rings (SSSR count). The molecule has 1 aromatic rings. The van der Waals surface area contributed by atoms with Gasteiger partial charge in [-0.05, 0) is 43.7 Å². The average Bonchev–Trinajstić information content (AvgIpc) is 2.88. The number of amides is 1. The van der Waals surface area contributed by atoms with Gasteiger partial charge in [0, 0.05) is 17.5 Å². The Morgan fingerprint density at radius 3 is 2.75 bits per heavy atom. The first kappa shape index (κ1) is 15.4. The second-order valence-corrected chi connectivity index (χ2v) is 7.10. The van der Waals surface area contributed by atoms with Gasteiger partial charge in [0.05, 0.1) is 0 Å². The first-order valence-electron chi connectivity index (χ1n) is 7.52. The highest BCUT2D eigenvalue weighted by Gasteiger charge is 2.22. The van der Waals surface area contributed by atoms with Gasteiger partial charge in [-0.3, -0.25) is 4.79 Å². The zero-order valence-corrected chi connectivity index (χ0v) is 13.4. The number of nitrogens with zero attached hydrogens (tertiary/aromatic N) is 1. The summed E-state index contributed by atoms with van der Waals surface area (Å²) >= 11 is 1.58. The monoisotopic (exact) mass is 295 g/mol. The van der Waals surface area contributed by atoms with Crippen LogP contribution in [0.25, 0.3) is 0 Å². The standard InChI is InChI=1S/C15H25N3OS/c1-10(2)13-9-17-15(20-13)18-14(19)8-11(3)12-4-6-16-7-5-12/h9-12,16H,4-8H2,1-3H3,(H,17,18,19). The fraction of sp³-hybridized carbons (Fsp3) is 0.733. The lowest BCUT2D eigenvalue weighted by Crippen LogP contribution is -2.32. The molecule has 0 aromatic carbocycles. The van der Waals surface area contributed by atoms with E-state index in [4.69, 9.17) is 0 Å². The topological polar surface area (TPSA) is 54.0 Å². The zero-order chi connectivity index (χ0) is 14.5. The van der Waals surface area contributed by atoms with Gasteiger partial charge in [0.2, 0.25) is 5.91 Å². The predicted octanol–water partition coefficient (Wildman–Crippen LogP) is 3.23. The second-order valence-electron chi connectivity index (χ2n) is 6.04. The van der Waals surface area contributed by atoms with Crippen LogP contribution in [0.15, 0.2) is 6.20 Å². The summed E-state index contributed by atoms with van der Waals surface area (Å²) in [6, 6.07) is 0. The normalized spacial score (nSPS) is 18.2. The summed E-state index contributed by atoms with van der Waals surface area (Å²) in [6.45, 7) is 8.63. The molecule has 4 nitrogen and oxygen atoms in total. The van der Waals surface area contributed by atoms with Gasteiger partial charge in [-0.15, -0.1) is 11.3 Å². The number of nitrogens with one attached hydrogen (secondary N) is 2. The summed E-state index contributed by atoms with van der Waals surface area (Å²) in [4.78, 5) is 17.6. The van der Waals surface area contributed by atoms with Gasteiger partial charge >= 0.3 is 0 Å². The molecule has 0 spiro atoms. The van der Waals surface area contributed by atoms with Crippen LogP contribution in [0.1, 0.15) is 50.8 Å². The minimum absolute atomic E-state index is 0.0979. The smallest absolute Gasteiger partial charge is 0.226 e. The highest BCUT2D eigenvalue weighted by molar-refractivity contribution is 7.15. The number of carbonyl (C=O) groups excluding carboxylic acids is 1. The van der Waals surface area contributed by atoms with Gasteiger partial charge in [-0.25, -0.2) is 4.98 Å². The lowest BCUT2D eigenvalue weighted by molar-refractivity contribution is -0.117. The van der Waals surface area contributed by atoms with Crippen LogP contribution < -0.4 is 10.6 Å². The zero-order valence-electron chi connectivity index (χ0n) is 12.6. The molecule has 1 aliphatic heterocycles. The Balaban J connectivity index is 1.81. The van der Waals surface area contributed by atoms with E-state index in [0.29, 0.717) is 24.2 Å². The fourth-order valence-electron chi connectivity index (χ4n) is 2.65. The number of thiazole rings is 1. The third-order valence-electron chi connectivity index (χ3n) is 4.03. The molecule has 1 amide bonds. The van der Waals surface area contributed by atoms with Crippen LogP contribution in [0, 0.1) is 11.8 Å². The first-order valence-corrected chi connectivity index (χ1v) is 8.34. The van der Waals surface area contributed by atoms with Gasteiger partial charge in [-0.1, -0.05) is 20.8 Å². The van der Waals surface area contributed by atoms with Crippen molar-refractivity contribution in [2.75, 3.05) is 18.4 Å². The molecule has 1 unspecified atom stereocenters. The van der Waals surface area contributed by atoms with Crippen LogP contribution in [-0.4, -0.2) is 24.0 Å². The molecule has 2 heterocycles. The van der Waals surface area contributed by atoms with Crippen molar-refractivity contribution in [3.8, 4) is 0 Å². The summed E-state index contributed by atoms with van der Waals surface area (Å²) in [7, 11) is 0. The van der Waals surface area contributed by atoms with E-state index in [1.54, 1.807) is 11.3 Å². The molecular weight excluding hydrogens is 270 g/mol. The number of aromatic nitrogens is 1. The highest BCUT2D eigenvalue weighted by atomic mass is 32.1. The van der Waals surface area contributed by atoms with E-state index < -0.39 is 0 Å². The lowest BCUT2D eigenvalue weighted by atomic mass is 9.84. The van der Waals surface area contributed by atoms with Gasteiger partial charge in [0.1, 0.15) is 0 Å². The van der Waals surface area contributed by atoms with Crippen molar-refractivity contribution in [3.05, 3.63) is 11.1 Å². The van der Waals surface area contributed by atoms with Crippen molar-refractivity contribution in [3.63, 3.8) is 0 Å². The molecule has 20 heavy (non-hydrogen) atoms. The van der Waals surface area contributed by atoms with E-state index in [-0.39, 0.29) is 5.91 Å². The average molecular weight is 295 g/mol. The number of hydrogen-bond acceptors (Lipinski definition) is 4. The SMILES string of the molecule is CC(C)c1cnc(NC(=O)CC(C)C2CCNCC2)s1. The maximum absolute atomic E-state index is 12.1. The third kappa shape index (κ3) is 4.28. The Kier molecular flexibility index (Phi) is 5.54. The molecular formula is C15H25N3OS. The summed E-state index contributed by atoms with van der Waals surface area (Å²) in [5.41, 5.74) is 0. The van der Waals surface area contributed by atoms with Crippen LogP contribution >= 0.6 is 11.3 Å². The third-order valence-corrected chi connectivity index (χ3v) is 5.25. The van der Waals surface area contributed by atoms with Crippen LogP contribution in [0.4, 0.5) is 5.13 Å². The molecule has 1 saturated heterocycles. The maximum Gasteiger partial charge on any atom is 0.226 e. The van der Waals surface area contributed by atoms with Crippen molar-refractivity contribution in [2.45, 2.75) is 46.0 Å². The molecule has 1 aliphatic rings. The minimum atomic E-state index is 0.0979. The number of carbonyl (C=O) groups is 1. The predicted molar refractivity (Wildman–Crippen MR) is 84.2 cm³/mol. The van der Waals surface area contributed by atoms with E-state index in [0.717, 1.165) is 18.2 Å². The summed E-state index contributed by atoms with van der Waals surface area (Å²) in [6.07, 6.45) is 4.83. The number of rotatable bonds is 5. The molecule has 0 radical (unpaired) electrons. The van der Waals surface area contributed by atoms with E-state index in [1.165, 1.54) is 17.7 Å². The van der Waals surface area contributed by atoms with Gasteiger partial charge < -0.3 is 10.6 Å². The van der Waals surface area contributed by atoms with Crippen LogP contribution in [0.3, 0.4) is 0 Å². The Labute approximate surface area is 125 Å². The van der Waals surface area contributed by atoms with Crippen LogP contribution in [-0.2, 0) is 4.79 Å². The lowest BCUT2D eigenvalue weighted by Gasteiger charge is -2.27. The number of anilines is 1. The van der Waals surface area contributed by atoms with Crippen molar-refractivity contribution < 1.29 is 4.79 Å². The molecule has 0 aliphatic carbocycles. The van der Waals surface area contributed by atoms with Crippen molar-refractivity contribution in [2.24, 2.45) is 11.8 Å². The Hall–Kier alpha value is -0.940. The largest absolute Gasteiger partial charge is 0.317 e. The summed E-state index contributed by atoms with van der Waals surface area (Å²) in [5.74, 6) is 1.68. The Morgan fingerprint density at radius 2 is 2.15 bits per heavy atom. The first-order chi connectivity index (χ1) is 9.56. The highest BCUT2D eigenvalue weighted by Crippen LogP contribution is 2.27. The van der Waals surface area contributed by atoms with E-state index in [9.17, 15) is 4.79 Å². The van der Waals surface area contributed by atoms with Crippen LogP contribution in [0.2, 0.25) is 0 Å². The second kappa shape index (κ2) is 7.18. The van der Waals surface area contributed by atoms with Crippen LogP contribution in [0.5, 0.6) is 0 Å². The minimum Gasteiger partial charge on any atom is -0.317 e. The molecule has 2 N–H and O–H groups in total. The van der Waals surface area contributed by atoms with Gasteiger partial charge in [0.15, 0.2) is 5.13 Å². The van der Waals surface area contributed by atoms with Gasteiger partial charge in [0.25, 0.3) is 0 Å². The van der Waals surface area contributed by atoms with Crippen molar-refractivity contribution >= 4 is 22.4 Å². The number of piperidine rings is 1. The molecule has 5 heteroatoms. The van der Waals surface area contributed by atoms with Crippen molar-refractivity contribution in [1.29, 1.82) is 0 Å². The molecule has 112 valence electrons. The maximum atomic E-state index is 12.1.